The minimum atomic E-state index is 0. The first kappa shape index (κ1) is 40.9. The van der Waals surface area contributed by atoms with E-state index in [1.165, 1.54) is 53.3 Å². The van der Waals surface area contributed by atoms with Crippen LogP contribution in [0.25, 0.3) is 11.1 Å². The van der Waals surface area contributed by atoms with Gasteiger partial charge in [0.1, 0.15) is 0 Å². The fourth-order valence-electron chi connectivity index (χ4n) is 5.46. The van der Waals surface area contributed by atoms with Crippen molar-refractivity contribution in [3.8, 4) is 11.1 Å². The van der Waals surface area contributed by atoms with Gasteiger partial charge in [-0.1, -0.05) is 104 Å². The van der Waals surface area contributed by atoms with Gasteiger partial charge in [0.15, 0.2) is 0 Å². The van der Waals surface area contributed by atoms with Crippen LogP contribution in [-0.2, 0) is 41.1 Å². The molecule has 0 aromatic heterocycles. The van der Waals surface area contributed by atoms with Crippen LogP contribution in [0.4, 0.5) is 0 Å². The van der Waals surface area contributed by atoms with Crippen molar-refractivity contribution in [1.82, 2.24) is 0 Å². The predicted molar refractivity (Wildman–Crippen MR) is 192 cm³/mol. The molecule has 0 spiro atoms. The first-order chi connectivity index (χ1) is 21.0. The van der Waals surface area contributed by atoms with E-state index in [4.69, 9.17) is 0 Å². The van der Waals surface area contributed by atoms with Crippen LogP contribution in [0.3, 0.4) is 0 Å². The zero-order chi connectivity index (χ0) is 33.0. The second-order valence-electron chi connectivity index (χ2n) is 15.4. The van der Waals surface area contributed by atoms with Crippen LogP contribution < -0.4 is 24.8 Å². The van der Waals surface area contributed by atoms with E-state index in [2.05, 4.69) is 185 Å². The molecule has 0 radical (unpaired) electrons. The molecule has 0 saturated heterocycles. The Morgan fingerprint density at radius 2 is 1.19 bits per heavy atom. The SMILES string of the molecule is CC(C)(C)c1[c-]c2c(cc1)-c1ccc(C(C)(C)C)cc1C2.CC1[C-]=CC(C(C)(C)C)=C1.[Cl-].[Cl-].[Hf+2]=[C](c1ccccc1)c1ccccc1. The average Bonchev–Trinajstić information content (AvgIpc) is 3.60. The average molecular weight is 828 g/mol. The molecule has 1 unspecified atom stereocenters. The third-order valence-corrected chi connectivity index (χ3v) is 10.5. The third-order valence-electron chi connectivity index (χ3n) is 8.39. The van der Waals surface area contributed by atoms with Gasteiger partial charge in [0, 0.05) is 0 Å². The van der Waals surface area contributed by atoms with Crippen LogP contribution in [0, 0.1) is 23.5 Å². The number of rotatable bonds is 2. The van der Waals surface area contributed by atoms with Crippen LogP contribution in [0.1, 0.15) is 103 Å². The van der Waals surface area contributed by atoms with Crippen LogP contribution in [-0.4, -0.2) is 3.26 Å². The Morgan fingerprint density at radius 1 is 0.660 bits per heavy atom. The Morgan fingerprint density at radius 3 is 1.62 bits per heavy atom. The second kappa shape index (κ2) is 16.9. The van der Waals surface area contributed by atoms with Gasteiger partial charge in [-0.15, -0.1) is 11.1 Å². The quantitative estimate of drug-likeness (QED) is 0.165. The van der Waals surface area contributed by atoms with E-state index < -0.39 is 0 Å². The van der Waals surface area contributed by atoms with Crippen molar-refractivity contribution in [2.24, 2.45) is 11.3 Å². The molecule has 47 heavy (non-hydrogen) atoms. The van der Waals surface area contributed by atoms with E-state index in [9.17, 15) is 0 Å². The molecule has 3 heteroatoms. The Hall–Kier alpha value is -2.32. The van der Waals surface area contributed by atoms with Gasteiger partial charge >= 0.3 is 98.9 Å². The molecule has 0 aliphatic heterocycles. The van der Waals surface area contributed by atoms with Crippen molar-refractivity contribution in [3.05, 3.63) is 154 Å². The summed E-state index contributed by atoms with van der Waals surface area (Å²) >= 11 is 1.08. The van der Waals surface area contributed by atoms with Crippen molar-refractivity contribution in [1.29, 1.82) is 0 Å². The van der Waals surface area contributed by atoms with Gasteiger partial charge < -0.3 is 24.8 Å². The van der Waals surface area contributed by atoms with Crippen molar-refractivity contribution >= 4 is 3.26 Å². The van der Waals surface area contributed by atoms with Crippen molar-refractivity contribution in [2.45, 2.75) is 86.5 Å². The molecular formula is C44H50Cl2Hf-2. The maximum atomic E-state index is 3.67. The molecule has 0 bridgehead atoms. The van der Waals surface area contributed by atoms with Gasteiger partial charge in [0.25, 0.3) is 0 Å². The fourth-order valence-corrected chi connectivity index (χ4v) is 6.65. The Bertz CT molecular complexity index is 1570. The topological polar surface area (TPSA) is 0 Å². The van der Waals surface area contributed by atoms with Gasteiger partial charge in [0.05, 0.1) is 0 Å². The Kier molecular flexibility index (Phi) is 14.7. The molecule has 2 aliphatic rings. The monoisotopic (exact) mass is 828 g/mol. The van der Waals surface area contributed by atoms with Crippen molar-refractivity contribution in [3.63, 3.8) is 0 Å². The van der Waals surface area contributed by atoms with E-state index in [1.807, 2.05) is 0 Å². The first-order valence-electron chi connectivity index (χ1n) is 16.2. The molecule has 0 N–H and O–H groups in total. The molecule has 1 atom stereocenters. The summed E-state index contributed by atoms with van der Waals surface area (Å²) in [7, 11) is 0. The molecule has 0 fully saturated rings. The van der Waals surface area contributed by atoms with Crippen LogP contribution in [0.2, 0.25) is 0 Å². The minimum absolute atomic E-state index is 0. The van der Waals surface area contributed by atoms with E-state index in [0.29, 0.717) is 11.3 Å². The number of halogens is 2. The number of allylic oxidation sites excluding steroid dienone is 4. The summed E-state index contributed by atoms with van der Waals surface area (Å²) in [5.41, 5.74) is 13.1. The summed E-state index contributed by atoms with van der Waals surface area (Å²) in [6.45, 7) is 22.5. The molecule has 0 amide bonds. The normalized spacial score (nSPS) is 14.6. The van der Waals surface area contributed by atoms with Gasteiger partial charge in [-0.05, 0) is 28.4 Å². The summed E-state index contributed by atoms with van der Waals surface area (Å²) in [4.78, 5) is 0. The van der Waals surface area contributed by atoms with E-state index >= 15 is 0 Å². The van der Waals surface area contributed by atoms with E-state index in [1.54, 1.807) is 0 Å². The molecule has 2 aliphatic carbocycles. The number of benzene rings is 4. The van der Waals surface area contributed by atoms with Crippen LogP contribution in [0.15, 0.2) is 109 Å². The van der Waals surface area contributed by atoms with E-state index in [0.717, 1.165) is 30.3 Å². The Labute approximate surface area is 313 Å². The van der Waals surface area contributed by atoms with Crippen LogP contribution >= 0.6 is 0 Å². The summed E-state index contributed by atoms with van der Waals surface area (Å²) < 4.78 is 1.46. The van der Waals surface area contributed by atoms with Crippen molar-refractivity contribution < 1.29 is 48.7 Å². The molecule has 4 aromatic rings. The maximum absolute atomic E-state index is 3.67. The van der Waals surface area contributed by atoms with Crippen LogP contribution in [0.5, 0.6) is 0 Å². The second-order valence-corrected chi connectivity index (χ2v) is 17.2. The van der Waals surface area contributed by atoms with E-state index in [-0.39, 0.29) is 35.6 Å². The number of fused-ring (bicyclic) bond motifs is 3. The van der Waals surface area contributed by atoms with Crippen molar-refractivity contribution in [2.75, 3.05) is 0 Å². The molecule has 6 rings (SSSR count). The first-order valence-corrected chi connectivity index (χ1v) is 18.0. The molecular weight excluding hydrogens is 778 g/mol. The summed E-state index contributed by atoms with van der Waals surface area (Å²) in [5, 5.41) is 0. The summed E-state index contributed by atoms with van der Waals surface area (Å²) in [6, 6.07) is 36.4. The zero-order valence-corrected chi connectivity index (χ0v) is 35.0. The molecule has 0 heterocycles. The standard InChI is InChI=1S/C21H25.C13H10.C10H15.2ClH.Hf/c1-20(2,3)16-7-9-18-14(12-16)11-15-13-17(21(4,5)6)8-10-19(15)18;1-3-7-12(8-4-1)11-13-9-5-2-6-10-13;1-8-5-6-9(7-8)10(2,3)4;;;/h7-10,12H,11H2,1-6H3;1-10H;6-8H,1-4H3;2*1H;/q-1;;-1;;;+2/p-2. The Balaban J connectivity index is 0.000000258. The molecule has 0 nitrogen and oxygen atoms in total. The van der Waals surface area contributed by atoms with Gasteiger partial charge in [-0.2, -0.15) is 35.4 Å². The fraction of sp³-hybridized carbons (Fsp3) is 0.341. The van der Waals surface area contributed by atoms with Gasteiger partial charge in [-0.25, -0.2) is 6.08 Å². The predicted octanol–water partition coefficient (Wildman–Crippen LogP) is 5.43. The number of hydrogen-bond donors (Lipinski definition) is 0. The molecule has 246 valence electrons. The zero-order valence-electron chi connectivity index (χ0n) is 29.9. The van der Waals surface area contributed by atoms with Gasteiger partial charge in [-0.3, -0.25) is 6.08 Å². The summed E-state index contributed by atoms with van der Waals surface area (Å²) in [6.07, 6.45) is 8.68. The third kappa shape index (κ3) is 11.1. The van der Waals surface area contributed by atoms with Gasteiger partial charge in [0.2, 0.25) is 0 Å². The molecule has 4 aromatic carbocycles. The number of hydrogen-bond acceptors (Lipinski definition) is 0. The molecule has 0 saturated carbocycles. The summed E-state index contributed by atoms with van der Waals surface area (Å²) in [5.74, 6) is 0.522.